The number of hydrogen-bond acceptors (Lipinski definition) is 6. The van der Waals surface area contributed by atoms with E-state index in [0.29, 0.717) is 26.1 Å². The van der Waals surface area contributed by atoms with Crippen LogP contribution < -0.4 is 5.73 Å². The minimum atomic E-state index is -0.433. The largest absolute Gasteiger partial charge is 0.377 e. The first-order valence-electron chi connectivity index (χ1n) is 7.03. The molecule has 118 valence electrons. The van der Waals surface area contributed by atoms with Crippen molar-refractivity contribution in [2.45, 2.75) is 38.6 Å². The fraction of sp³-hybridized carbons (Fsp3) is 0.769. The van der Waals surface area contributed by atoms with Crippen LogP contribution in [0.2, 0.25) is 0 Å². The maximum Gasteiger partial charge on any atom is 0.239 e. The fourth-order valence-electron chi connectivity index (χ4n) is 2.61. The molecule has 2 N–H and O–H groups in total. The van der Waals surface area contributed by atoms with Crippen molar-refractivity contribution in [1.82, 2.24) is 19.7 Å². The van der Waals surface area contributed by atoms with E-state index < -0.39 is 6.04 Å². The number of nitrogens with zero attached hydrogens (tertiary/aromatic N) is 4. The SMILES string of the molecule is COCc1nnc2n1[C@@H](C)CN(C(=O)[C@@H](N)CCSC)C2. The van der Waals surface area contributed by atoms with E-state index in [-0.39, 0.29) is 11.9 Å². The molecule has 1 amide bonds. The number of rotatable bonds is 6. The van der Waals surface area contributed by atoms with Crippen molar-refractivity contribution in [1.29, 1.82) is 0 Å². The van der Waals surface area contributed by atoms with Crippen molar-refractivity contribution in [3.63, 3.8) is 0 Å². The lowest BCUT2D eigenvalue weighted by Gasteiger charge is -2.34. The van der Waals surface area contributed by atoms with E-state index in [1.165, 1.54) is 0 Å². The number of ether oxygens (including phenoxy) is 1. The van der Waals surface area contributed by atoms with Gasteiger partial charge in [-0.3, -0.25) is 4.79 Å². The zero-order chi connectivity index (χ0) is 15.4. The number of nitrogens with two attached hydrogens (primary N) is 1. The van der Waals surface area contributed by atoms with Crippen LogP contribution in [0.15, 0.2) is 0 Å². The predicted molar refractivity (Wildman–Crippen MR) is 81.8 cm³/mol. The molecule has 0 saturated heterocycles. The lowest BCUT2D eigenvalue weighted by atomic mass is 10.1. The summed E-state index contributed by atoms with van der Waals surface area (Å²) in [5.74, 6) is 2.49. The van der Waals surface area contributed by atoms with Crippen molar-refractivity contribution < 1.29 is 9.53 Å². The molecule has 0 saturated carbocycles. The summed E-state index contributed by atoms with van der Waals surface area (Å²) < 4.78 is 7.19. The lowest BCUT2D eigenvalue weighted by molar-refractivity contribution is -0.134. The molecule has 0 fully saturated rings. The lowest BCUT2D eigenvalue weighted by Crippen LogP contribution is -2.48. The third kappa shape index (κ3) is 3.56. The molecule has 0 aliphatic carbocycles. The van der Waals surface area contributed by atoms with Gasteiger partial charge in [0.2, 0.25) is 5.91 Å². The standard InChI is InChI=1S/C13H23N5O2S/c1-9-6-17(13(19)10(14)4-5-21-3)7-11-15-16-12(8-20-2)18(9)11/h9-10H,4-8,14H2,1-3H3/t9-,10-/m0/s1. The second kappa shape index (κ2) is 7.24. The Morgan fingerprint density at radius 3 is 3.00 bits per heavy atom. The molecule has 2 heterocycles. The van der Waals surface area contributed by atoms with Gasteiger partial charge in [0.25, 0.3) is 0 Å². The highest BCUT2D eigenvalue weighted by Gasteiger charge is 2.31. The van der Waals surface area contributed by atoms with Gasteiger partial charge in [0.15, 0.2) is 11.6 Å². The van der Waals surface area contributed by atoms with Crippen molar-refractivity contribution in [2.24, 2.45) is 5.73 Å². The Hall–Kier alpha value is -1.12. The van der Waals surface area contributed by atoms with E-state index in [4.69, 9.17) is 10.5 Å². The van der Waals surface area contributed by atoms with Crippen molar-refractivity contribution in [3.05, 3.63) is 11.6 Å². The predicted octanol–water partition coefficient (Wildman–Crippen LogP) is 0.408. The normalized spacial score (nSPS) is 19.4. The molecule has 1 aliphatic rings. The first kappa shape index (κ1) is 16.3. The van der Waals surface area contributed by atoms with Gasteiger partial charge >= 0.3 is 0 Å². The molecule has 1 aliphatic heterocycles. The summed E-state index contributed by atoms with van der Waals surface area (Å²) >= 11 is 1.70. The number of hydrogen-bond donors (Lipinski definition) is 1. The number of carbonyl (C=O) groups excluding carboxylic acids is 1. The third-order valence-electron chi connectivity index (χ3n) is 3.63. The Morgan fingerprint density at radius 1 is 1.57 bits per heavy atom. The van der Waals surface area contributed by atoms with Gasteiger partial charge in [-0.15, -0.1) is 10.2 Å². The number of thioether (sulfide) groups is 1. The van der Waals surface area contributed by atoms with Crippen LogP contribution in [0.5, 0.6) is 0 Å². The Balaban J connectivity index is 2.08. The number of amides is 1. The zero-order valence-corrected chi connectivity index (χ0v) is 13.6. The summed E-state index contributed by atoms with van der Waals surface area (Å²) in [4.78, 5) is 14.2. The van der Waals surface area contributed by atoms with Crippen LogP contribution in [0.3, 0.4) is 0 Å². The van der Waals surface area contributed by atoms with Crippen molar-refractivity contribution in [3.8, 4) is 0 Å². The highest BCUT2D eigenvalue weighted by molar-refractivity contribution is 7.98. The molecule has 8 heteroatoms. The molecule has 1 aromatic rings. The monoisotopic (exact) mass is 313 g/mol. The number of fused-ring (bicyclic) bond motifs is 1. The highest BCUT2D eigenvalue weighted by atomic mass is 32.2. The molecule has 2 rings (SSSR count). The van der Waals surface area contributed by atoms with Crippen LogP contribution in [0.4, 0.5) is 0 Å². The number of methoxy groups -OCH3 is 1. The van der Waals surface area contributed by atoms with E-state index >= 15 is 0 Å². The summed E-state index contributed by atoms with van der Waals surface area (Å²) in [6, 6.07) is -0.303. The van der Waals surface area contributed by atoms with Gasteiger partial charge in [0.1, 0.15) is 6.61 Å². The maximum absolute atomic E-state index is 12.4. The van der Waals surface area contributed by atoms with Gasteiger partial charge in [-0.2, -0.15) is 11.8 Å². The van der Waals surface area contributed by atoms with E-state index in [1.807, 2.05) is 6.26 Å². The first-order chi connectivity index (χ1) is 10.1. The molecule has 1 aromatic heterocycles. The van der Waals surface area contributed by atoms with Gasteiger partial charge in [-0.25, -0.2) is 0 Å². The summed E-state index contributed by atoms with van der Waals surface area (Å²) in [7, 11) is 1.63. The summed E-state index contributed by atoms with van der Waals surface area (Å²) in [5.41, 5.74) is 5.99. The van der Waals surface area contributed by atoms with Crippen LogP contribution >= 0.6 is 11.8 Å². The average Bonchev–Trinajstić information content (AvgIpc) is 2.88. The maximum atomic E-state index is 12.4. The van der Waals surface area contributed by atoms with Gasteiger partial charge in [0.05, 0.1) is 18.6 Å². The molecule has 21 heavy (non-hydrogen) atoms. The quantitative estimate of drug-likeness (QED) is 0.818. The van der Waals surface area contributed by atoms with Gasteiger partial charge in [-0.05, 0) is 25.4 Å². The molecule has 0 spiro atoms. The minimum absolute atomic E-state index is 0.00144. The Kier molecular flexibility index (Phi) is 5.60. The van der Waals surface area contributed by atoms with E-state index in [9.17, 15) is 4.79 Å². The summed E-state index contributed by atoms with van der Waals surface area (Å²) in [5, 5.41) is 8.32. The van der Waals surface area contributed by atoms with Crippen LogP contribution in [-0.2, 0) is 22.7 Å². The van der Waals surface area contributed by atoms with Crippen LogP contribution in [0.1, 0.15) is 31.0 Å². The smallest absolute Gasteiger partial charge is 0.239 e. The van der Waals surface area contributed by atoms with E-state index in [0.717, 1.165) is 17.4 Å². The first-order valence-corrected chi connectivity index (χ1v) is 8.42. The van der Waals surface area contributed by atoms with E-state index in [1.54, 1.807) is 23.8 Å². The average molecular weight is 313 g/mol. The molecule has 0 unspecified atom stereocenters. The van der Waals surface area contributed by atoms with E-state index in [2.05, 4.69) is 21.7 Å². The second-order valence-corrected chi connectivity index (χ2v) is 6.28. The van der Waals surface area contributed by atoms with Crippen LogP contribution in [0.25, 0.3) is 0 Å². The van der Waals surface area contributed by atoms with Gasteiger partial charge in [-0.1, -0.05) is 0 Å². The molecule has 2 atom stereocenters. The Morgan fingerprint density at radius 2 is 2.33 bits per heavy atom. The molecule has 0 radical (unpaired) electrons. The summed E-state index contributed by atoms with van der Waals surface area (Å²) in [6.07, 6.45) is 2.71. The van der Waals surface area contributed by atoms with Crippen molar-refractivity contribution >= 4 is 17.7 Å². The fourth-order valence-corrected chi connectivity index (χ4v) is 3.10. The molecular formula is C13H23N5O2S. The zero-order valence-electron chi connectivity index (χ0n) is 12.8. The van der Waals surface area contributed by atoms with Crippen LogP contribution in [-0.4, -0.2) is 57.3 Å². The third-order valence-corrected chi connectivity index (χ3v) is 4.27. The minimum Gasteiger partial charge on any atom is -0.377 e. The van der Waals surface area contributed by atoms with Gasteiger partial charge in [0, 0.05) is 13.7 Å². The number of carbonyl (C=O) groups is 1. The topological polar surface area (TPSA) is 86.3 Å². The molecule has 0 aromatic carbocycles. The second-order valence-electron chi connectivity index (χ2n) is 5.29. The molecular weight excluding hydrogens is 290 g/mol. The molecule has 0 bridgehead atoms. The van der Waals surface area contributed by atoms with Gasteiger partial charge < -0.3 is 19.9 Å². The summed E-state index contributed by atoms with van der Waals surface area (Å²) in [6.45, 7) is 3.58. The Bertz CT molecular complexity index is 493. The number of aromatic nitrogens is 3. The highest BCUT2D eigenvalue weighted by Crippen LogP contribution is 2.22. The molecule has 7 nitrogen and oxygen atoms in total. The van der Waals surface area contributed by atoms with Crippen molar-refractivity contribution in [2.75, 3.05) is 25.7 Å². The van der Waals surface area contributed by atoms with Crippen LogP contribution in [0, 0.1) is 0 Å². The Labute approximate surface area is 129 Å².